The van der Waals surface area contributed by atoms with E-state index in [2.05, 4.69) is 126 Å². The molecule has 0 heterocycles. The van der Waals surface area contributed by atoms with Crippen LogP contribution in [0.15, 0.2) is 175 Å². The number of Topliss-reactive ketones (excluding diaryl/α,β-unsaturated/α-hetero) is 2. The molecule has 1 aliphatic carbocycles. The van der Waals surface area contributed by atoms with E-state index in [1.807, 2.05) is 24.3 Å². The molecule has 0 unspecified atom stereocenters. The van der Waals surface area contributed by atoms with Crippen LogP contribution in [0.25, 0.3) is 39.1 Å². The summed E-state index contributed by atoms with van der Waals surface area (Å²) in [5.74, 6) is -0.434. The van der Waals surface area contributed by atoms with Crippen LogP contribution >= 0.6 is 0 Å². The second-order valence-corrected chi connectivity index (χ2v) is 11.7. The molecule has 1 aliphatic rings. The van der Waals surface area contributed by atoms with E-state index in [1.54, 1.807) is 30.3 Å². The third kappa shape index (κ3) is 5.14. The number of ketones is 2. The minimum atomic E-state index is -0.217. The molecule has 0 aromatic heterocycles. The second kappa shape index (κ2) is 11.9. The van der Waals surface area contributed by atoms with Crippen molar-refractivity contribution < 1.29 is 9.59 Å². The molecular weight excluding hydrogens is 574 g/mol. The minimum Gasteiger partial charge on any atom is -0.309 e. The quantitative estimate of drug-likeness (QED) is 0.140. The van der Waals surface area contributed by atoms with E-state index in [0.717, 1.165) is 55.7 Å². The zero-order chi connectivity index (χ0) is 31.7. The summed E-state index contributed by atoms with van der Waals surface area (Å²) in [5.41, 5.74) is 9.67. The lowest BCUT2D eigenvalue weighted by Gasteiger charge is -2.30. The smallest absolute Gasteiger partial charge is 0.197 e. The molecule has 3 nitrogen and oxygen atoms in total. The first-order chi connectivity index (χ1) is 23.2. The van der Waals surface area contributed by atoms with Crippen LogP contribution in [-0.4, -0.2) is 11.6 Å². The highest BCUT2D eigenvalue weighted by Gasteiger charge is 2.32. The Morgan fingerprint density at radius 1 is 0.404 bits per heavy atom. The van der Waals surface area contributed by atoms with Gasteiger partial charge in [-0.2, -0.15) is 0 Å². The van der Waals surface area contributed by atoms with E-state index >= 15 is 0 Å². The van der Waals surface area contributed by atoms with E-state index in [1.165, 1.54) is 0 Å². The summed E-state index contributed by atoms with van der Waals surface area (Å²) in [7, 11) is 0. The number of hydrogen-bond donors (Lipinski definition) is 0. The molecule has 0 radical (unpaired) electrons. The van der Waals surface area contributed by atoms with E-state index < -0.39 is 0 Å². The number of para-hydroxylation sites is 2. The van der Waals surface area contributed by atoms with Crippen LogP contribution in [0, 0.1) is 0 Å². The summed E-state index contributed by atoms with van der Waals surface area (Å²) in [4.78, 5) is 28.4. The maximum Gasteiger partial charge on any atom is 0.197 e. The lowest BCUT2D eigenvalue weighted by Crippen LogP contribution is -2.12. The molecule has 47 heavy (non-hydrogen) atoms. The van der Waals surface area contributed by atoms with Crippen molar-refractivity contribution >= 4 is 45.5 Å². The summed E-state index contributed by atoms with van der Waals surface area (Å²) in [6.45, 7) is 0. The highest BCUT2D eigenvalue weighted by atomic mass is 16.2. The maximum atomic E-state index is 13.0. The topological polar surface area (TPSA) is 37.4 Å². The van der Waals surface area contributed by atoms with E-state index in [4.69, 9.17) is 0 Å². The third-order valence-electron chi connectivity index (χ3n) is 8.78. The Balaban J connectivity index is 1.26. The number of fused-ring (bicyclic) bond motifs is 2. The first-order valence-electron chi connectivity index (χ1n) is 15.7. The van der Waals surface area contributed by atoms with Gasteiger partial charge in [0.1, 0.15) is 0 Å². The van der Waals surface area contributed by atoms with Gasteiger partial charge in [0.2, 0.25) is 0 Å². The van der Waals surface area contributed by atoms with Crippen molar-refractivity contribution in [1.82, 2.24) is 0 Å². The van der Waals surface area contributed by atoms with E-state index in [0.29, 0.717) is 11.1 Å². The lowest BCUT2D eigenvalue weighted by molar-refractivity contribution is 0.0990. The first-order valence-corrected chi connectivity index (χ1v) is 15.7. The van der Waals surface area contributed by atoms with Crippen molar-refractivity contribution in [1.29, 1.82) is 0 Å². The standard InChI is InChI=1S/C44H29NO2/c46-43-38-19-7-8-20-39(38)44(47)40(43)28-30-23-24-34-29-35(26-25-33(34)27-30)45(41-21-11-9-17-36(41)31-13-3-1-4-14-31)42-22-12-10-18-37(42)32-15-5-2-6-16-32/h1-29H. The van der Waals surface area contributed by atoms with Crippen molar-refractivity contribution in [3.8, 4) is 22.3 Å². The van der Waals surface area contributed by atoms with Gasteiger partial charge >= 0.3 is 0 Å². The molecule has 222 valence electrons. The molecule has 3 heteroatoms. The van der Waals surface area contributed by atoms with E-state index in [9.17, 15) is 9.59 Å². The number of allylic oxidation sites excluding steroid dienone is 1. The molecule has 0 amide bonds. The molecule has 0 N–H and O–H groups in total. The van der Waals surface area contributed by atoms with Gasteiger partial charge in [0.25, 0.3) is 0 Å². The lowest BCUT2D eigenvalue weighted by atomic mass is 9.98. The largest absolute Gasteiger partial charge is 0.309 e. The zero-order valence-electron chi connectivity index (χ0n) is 25.5. The molecule has 0 saturated heterocycles. The van der Waals surface area contributed by atoms with Gasteiger partial charge in [-0.3, -0.25) is 9.59 Å². The van der Waals surface area contributed by atoms with Gasteiger partial charge in [-0.25, -0.2) is 0 Å². The molecule has 8 rings (SSSR count). The van der Waals surface area contributed by atoms with Crippen molar-refractivity contribution in [2.45, 2.75) is 0 Å². The number of carbonyl (C=O) groups excluding carboxylic acids is 2. The van der Waals surface area contributed by atoms with Crippen LogP contribution in [0.2, 0.25) is 0 Å². The Kier molecular flexibility index (Phi) is 7.12. The number of anilines is 3. The average molecular weight is 604 g/mol. The minimum absolute atomic E-state index is 0.211. The monoisotopic (exact) mass is 603 g/mol. The summed E-state index contributed by atoms with van der Waals surface area (Å²) in [6.07, 6.45) is 1.72. The normalized spacial score (nSPS) is 12.3. The second-order valence-electron chi connectivity index (χ2n) is 11.7. The fourth-order valence-corrected chi connectivity index (χ4v) is 6.52. The summed E-state index contributed by atoms with van der Waals surface area (Å²) < 4.78 is 0. The molecule has 0 atom stereocenters. The Morgan fingerprint density at radius 3 is 1.40 bits per heavy atom. The fraction of sp³-hybridized carbons (Fsp3) is 0. The van der Waals surface area contributed by atoms with Gasteiger partial charge in [0.05, 0.1) is 16.9 Å². The molecule has 0 bridgehead atoms. The molecule has 0 aliphatic heterocycles. The van der Waals surface area contributed by atoms with Gasteiger partial charge in [0, 0.05) is 27.9 Å². The molecule has 7 aromatic rings. The third-order valence-corrected chi connectivity index (χ3v) is 8.78. The number of hydrogen-bond acceptors (Lipinski definition) is 3. The first kappa shape index (κ1) is 28.2. The van der Waals surface area contributed by atoms with Crippen molar-refractivity contribution in [3.63, 3.8) is 0 Å². The SMILES string of the molecule is O=C1C(=Cc2ccc3cc(N(c4ccccc4-c4ccccc4)c4ccccc4-c4ccccc4)ccc3c2)C(=O)c2ccccc21. The Morgan fingerprint density at radius 2 is 0.851 bits per heavy atom. The predicted octanol–water partition coefficient (Wildman–Crippen LogP) is 11.1. The summed E-state index contributed by atoms with van der Waals surface area (Å²) in [6, 6.07) is 57.6. The fourth-order valence-electron chi connectivity index (χ4n) is 6.52. The number of benzene rings is 7. The molecule has 7 aromatic carbocycles. The van der Waals surface area contributed by atoms with Crippen molar-refractivity contribution in [2.75, 3.05) is 4.90 Å². The highest BCUT2D eigenvalue weighted by molar-refractivity contribution is 6.41. The van der Waals surface area contributed by atoms with Gasteiger partial charge in [-0.15, -0.1) is 0 Å². The average Bonchev–Trinajstić information content (AvgIpc) is 3.37. The number of nitrogens with zero attached hydrogens (tertiary/aromatic N) is 1. The Bertz CT molecular complexity index is 2220. The van der Waals surface area contributed by atoms with Gasteiger partial charge in [-0.1, -0.05) is 140 Å². The maximum absolute atomic E-state index is 13.0. The Labute approximate surface area is 273 Å². The van der Waals surface area contributed by atoms with Gasteiger partial charge in [-0.05, 0) is 63.9 Å². The Hall–Kier alpha value is -6.32. The number of carbonyl (C=O) groups is 2. The molecular formula is C44H29NO2. The van der Waals surface area contributed by atoms with Gasteiger partial charge < -0.3 is 4.90 Å². The van der Waals surface area contributed by atoms with Gasteiger partial charge in [0.15, 0.2) is 11.6 Å². The predicted molar refractivity (Wildman–Crippen MR) is 193 cm³/mol. The number of rotatable bonds is 6. The van der Waals surface area contributed by atoms with E-state index in [-0.39, 0.29) is 17.1 Å². The zero-order valence-corrected chi connectivity index (χ0v) is 25.5. The molecule has 0 spiro atoms. The molecule has 0 fully saturated rings. The van der Waals surface area contributed by atoms with Crippen LogP contribution in [0.4, 0.5) is 17.1 Å². The molecule has 0 saturated carbocycles. The van der Waals surface area contributed by atoms with Crippen molar-refractivity contribution in [3.05, 3.63) is 192 Å². The van der Waals surface area contributed by atoms with Crippen LogP contribution in [0.5, 0.6) is 0 Å². The highest BCUT2D eigenvalue weighted by Crippen LogP contribution is 2.45. The van der Waals surface area contributed by atoms with Crippen molar-refractivity contribution in [2.24, 2.45) is 0 Å². The van der Waals surface area contributed by atoms with Crippen LogP contribution < -0.4 is 4.90 Å². The summed E-state index contributed by atoms with van der Waals surface area (Å²) in [5, 5.41) is 2.07. The van der Waals surface area contributed by atoms with Crippen LogP contribution in [0.3, 0.4) is 0 Å². The van der Waals surface area contributed by atoms with Crippen LogP contribution in [0.1, 0.15) is 26.3 Å². The summed E-state index contributed by atoms with van der Waals surface area (Å²) >= 11 is 0. The van der Waals surface area contributed by atoms with Crippen LogP contribution in [-0.2, 0) is 0 Å².